The Morgan fingerprint density at radius 2 is 1.59 bits per heavy atom. The average Bonchev–Trinajstić information content (AvgIpc) is 3.23. The molecule has 8 heteroatoms. The Morgan fingerprint density at radius 1 is 0.941 bits per heavy atom. The van der Waals surface area contributed by atoms with Gasteiger partial charge >= 0.3 is 6.18 Å². The van der Waals surface area contributed by atoms with Crippen LogP contribution in [0, 0.1) is 0 Å². The zero-order valence-electron chi connectivity index (χ0n) is 18.4. The first kappa shape index (κ1) is 23.4. The number of nitrogen functional groups attached to an aromatic ring is 1. The van der Waals surface area contributed by atoms with Crippen LogP contribution in [0.4, 0.5) is 19.1 Å². The summed E-state index contributed by atoms with van der Waals surface area (Å²) in [4.78, 5) is 7.43. The van der Waals surface area contributed by atoms with Gasteiger partial charge in [-0.05, 0) is 47.4 Å². The summed E-state index contributed by atoms with van der Waals surface area (Å²) in [5.41, 5.74) is 8.47. The van der Waals surface area contributed by atoms with Gasteiger partial charge < -0.3 is 20.6 Å². The number of ether oxygens (including phenoxy) is 1. The molecule has 0 aliphatic rings. The minimum Gasteiger partial charge on any atom is -0.497 e. The first-order chi connectivity index (χ1) is 16.3. The molecule has 4 aromatic rings. The minimum absolute atomic E-state index is 0.144. The summed E-state index contributed by atoms with van der Waals surface area (Å²) in [5, 5.41) is 11.1. The number of hydrogen-bond acceptors (Lipinski definition) is 4. The lowest BCUT2D eigenvalue weighted by atomic mass is 9.86. The molecule has 0 aliphatic heterocycles. The monoisotopic (exact) mass is 467 g/mol. The van der Waals surface area contributed by atoms with E-state index < -0.39 is 17.8 Å². The van der Waals surface area contributed by atoms with Gasteiger partial charge in [0.2, 0.25) is 0 Å². The van der Waals surface area contributed by atoms with Crippen molar-refractivity contribution in [2.24, 2.45) is 0 Å². The Kier molecular flexibility index (Phi) is 6.61. The molecule has 2 atom stereocenters. The van der Waals surface area contributed by atoms with E-state index in [1.807, 2.05) is 42.5 Å². The highest BCUT2D eigenvalue weighted by Crippen LogP contribution is 2.36. The SMILES string of the molecule is COc1ccc([C@H](Cc2ccc(C(F)(F)F)cc2)c2[nH]c(N)nc2C(O)c2ccccc2)cc1. The highest BCUT2D eigenvalue weighted by Gasteiger charge is 2.31. The van der Waals surface area contributed by atoms with Crippen molar-refractivity contribution in [3.05, 3.63) is 113 Å². The van der Waals surface area contributed by atoms with Crippen LogP contribution in [0.5, 0.6) is 5.75 Å². The molecule has 5 nitrogen and oxygen atoms in total. The number of alkyl halides is 3. The summed E-state index contributed by atoms with van der Waals surface area (Å²) in [5.74, 6) is 0.456. The topological polar surface area (TPSA) is 84.2 Å². The van der Waals surface area contributed by atoms with Gasteiger partial charge in [0.25, 0.3) is 0 Å². The number of aliphatic hydroxyl groups excluding tert-OH is 1. The van der Waals surface area contributed by atoms with E-state index in [1.54, 1.807) is 19.2 Å². The summed E-state index contributed by atoms with van der Waals surface area (Å²) in [6.07, 6.45) is -5.07. The molecule has 4 rings (SSSR count). The molecule has 3 aromatic carbocycles. The summed E-state index contributed by atoms with van der Waals surface area (Å²) >= 11 is 0. The van der Waals surface area contributed by atoms with Crippen molar-refractivity contribution in [2.75, 3.05) is 12.8 Å². The Balaban J connectivity index is 1.76. The Hall–Kier alpha value is -3.78. The molecule has 0 saturated heterocycles. The van der Waals surface area contributed by atoms with Crippen molar-refractivity contribution >= 4 is 5.95 Å². The molecule has 0 radical (unpaired) electrons. The highest BCUT2D eigenvalue weighted by molar-refractivity contribution is 5.42. The third-order valence-corrected chi connectivity index (χ3v) is 5.74. The van der Waals surface area contributed by atoms with Crippen LogP contribution in [0.25, 0.3) is 0 Å². The number of nitrogens with zero attached hydrogens (tertiary/aromatic N) is 1. The summed E-state index contributed by atoms with van der Waals surface area (Å²) in [6.45, 7) is 0. The lowest BCUT2D eigenvalue weighted by Gasteiger charge is -2.20. The van der Waals surface area contributed by atoms with Crippen LogP contribution in [-0.2, 0) is 12.6 Å². The quantitative estimate of drug-likeness (QED) is 0.336. The van der Waals surface area contributed by atoms with Gasteiger partial charge in [0.05, 0.1) is 24.1 Å². The number of halogens is 3. The average molecular weight is 467 g/mol. The van der Waals surface area contributed by atoms with Crippen LogP contribution in [0.3, 0.4) is 0 Å². The Labute approximate surface area is 195 Å². The van der Waals surface area contributed by atoms with Gasteiger partial charge in [-0.2, -0.15) is 13.2 Å². The molecule has 1 heterocycles. The number of aromatic nitrogens is 2. The molecular formula is C26H24F3N3O2. The van der Waals surface area contributed by atoms with Crippen molar-refractivity contribution in [3.63, 3.8) is 0 Å². The standard InChI is InChI=1S/C26H24F3N3O2/c1-34-20-13-9-17(10-14-20)21(15-16-7-11-19(12-8-16)26(27,28)29)22-23(32-25(30)31-22)24(33)18-5-3-2-4-6-18/h2-14,21,24,33H,15H2,1H3,(H3,30,31,32)/t21-,24?/m0/s1. The van der Waals surface area contributed by atoms with Crippen LogP contribution in [0.1, 0.15) is 45.7 Å². The van der Waals surface area contributed by atoms with Crippen molar-refractivity contribution < 1.29 is 23.0 Å². The van der Waals surface area contributed by atoms with Gasteiger partial charge in [-0.25, -0.2) is 4.98 Å². The third kappa shape index (κ3) is 5.07. The molecule has 4 N–H and O–H groups in total. The highest BCUT2D eigenvalue weighted by atomic mass is 19.4. The molecule has 0 aliphatic carbocycles. The van der Waals surface area contributed by atoms with Crippen molar-refractivity contribution in [3.8, 4) is 5.75 Å². The number of nitrogens with one attached hydrogen (secondary N) is 1. The molecule has 176 valence electrons. The number of benzene rings is 3. The number of anilines is 1. The van der Waals surface area contributed by atoms with Gasteiger partial charge in [-0.3, -0.25) is 0 Å². The molecule has 0 bridgehead atoms. The lowest BCUT2D eigenvalue weighted by molar-refractivity contribution is -0.137. The van der Waals surface area contributed by atoms with E-state index in [9.17, 15) is 18.3 Å². The molecule has 34 heavy (non-hydrogen) atoms. The first-order valence-electron chi connectivity index (χ1n) is 10.6. The maximum atomic E-state index is 13.0. The van der Waals surface area contributed by atoms with Crippen molar-refractivity contribution in [2.45, 2.75) is 24.6 Å². The van der Waals surface area contributed by atoms with Crippen LogP contribution >= 0.6 is 0 Å². The molecule has 0 amide bonds. The molecule has 0 spiro atoms. The van der Waals surface area contributed by atoms with E-state index in [1.165, 1.54) is 12.1 Å². The van der Waals surface area contributed by atoms with Crippen molar-refractivity contribution in [1.29, 1.82) is 0 Å². The second-order valence-corrected chi connectivity index (χ2v) is 7.96. The van der Waals surface area contributed by atoms with Gasteiger partial charge in [0, 0.05) is 5.92 Å². The predicted molar refractivity (Wildman–Crippen MR) is 123 cm³/mol. The zero-order chi connectivity index (χ0) is 24.3. The van der Waals surface area contributed by atoms with Gasteiger partial charge in [-0.1, -0.05) is 54.6 Å². The fraction of sp³-hybridized carbons (Fsp3) is 0.192. The van der Waals surface area contributed by atoms with E-state index in [-0.39, 0.29) is 11.9 Å². The smallest absolute Gasteiger partial charge is 0.416 e. The number of imidazole rings is 1. The van der Waals surface area contributed by atoms with Gasteiger partial charge in [-0.15, -0.1) is 0 Å². The van der Waals surface area contributed by atoms with E-state index >= 15 is 0 Å². The fourth-order valence-electron chi connectivity index (χ4n) is 3.98. The number of H-pyrrole nitrogens is 1. The fourth-order valence-corrected chi connectivity index (χ4v) is 3.98. The number of aliphatic hydroxyl groups is 1. The normalized spacial score (nSPS) is 13.4. The molecular weight excluding hydrogens is 443 g/mol. The molecule has 1 unspecified atom stereocenters. The van der Waals surface area contributed by atoms with Crippen LogP contribution in [-0.4, -0.2) is 22.2 Å². The molecule has 1 aromatic heterocycles. The largest absolute Gasteiger partial charge is 0.497 e. The maximum absolute atomic E-state index is 13.0. The van der Waals surface area contributed by atoms with Crippen molar-refractivity contribution in [1.82, 2.24) is 9.97 Å². The molecule has 0 fully saturated rings. The summed E-state index contributed by atoms with van der Waals surface area (Å²) in [7, 11) is 1.57. The first-order valence-corrected chi connectivity index (χ1v) is 10.6. The number of hydrogen-bond donors (Lipinski definition) is 3. The van der Waals surface area contributed by atoms with Crippen LogP contribution < -0.4 is 10.5 Å². The Bertz CT molecular complexity index is 1220. The summed E-state index contributed by atoms with van der Waals surface area (Å²) in [6, 6.07) is 21.5. The molecule has 0 saturated carbocycles. The minimum atomic E-state index is -4.40. The number of methoxy groups -OCH3 is 1. The maximum Gasteiger partial charge on any atom is 0.416 e. The zero-order valence-corrected chi connectivity index (χ0v) is 18.4. The van der Waals surface area contributed by atoms with Crippen LogP contribution in [0.2, 0.25) is 0 Å². The lowest BCUT2D eigenvalue weighted by Crippen LogP contribution is -2.12. The summed E-state index contributed by atoms with van der Waals surface area (Å²) < 4.78 is 44.3. The second-order valence-electron chi connectivity index (χ2n) is 7.96. The predicted octanol–water partition coefficient (Wildman–Crippen LogP) is 5.48. The van der Waals surface area contributed by atoms with Gasteiger partial charge in [0.15, 0.2) is 5.95 Å². The van der Waals surface area contributed by atoms with E-state index in [0.717, 1.165) is 17.7 Å². The second kappa shape index (κ2) is 9.61. The van der Waals surface area contributed by atoms with Crippen LogP contribution in [0.15, 0.2) is 78.9 Å². The number of nitrogens with two attached hydrogens (primary N) is 1. The van der Waals surface area contributed by atoms with E-state index in [0.29, 0.717) is 34.7 Å². The number of rotatable bonds is 7. The van der Waals surface area contributed by atoms with E-state index in [4.69, 9.17) is 10.5 Å². The third-order valence-electron chi connectivity index (χ3n) is 5.74. The Morgan fingerprint density at radius 3 is 2.18 bits per heavy atom. The van der Waals surface area contributed by atoms with Gasteiger partial charge in [0.1, 0.15) is 11.9 Å². The van der Waals surface area contributed by atoms with E-state index in [2.05, 4.69) is 9.97 Å². The number of aromatic amines is 1.